The maximum absolute atomic E-state index is 13.2. The number of amides is 1. The monoisotopic (exact) mass is 501 g/mol. The summed E-state index contributed by atoms with van der Waals surface area (Å²) >= 11 is 1.30. The van der Waals surface area contributed by atoms with Gasteiger partial charge in [-0.3, -0.25) is 4.79 Å². The molecule has 3 aromatic rings. The van der Waals surface area contributed by atoms with Crippen molar-refractivity contribution >= 4 is 22.6 Å². The fraction of sp³-hybridized carbons (Fsp3) is 0.500. The quantitative estimate of drug-likeness (QED) is 0.320. The van der Waals surface area contributed by atoms with E-state index in [9.17, 15) is 9.18 Å². The molecule has 0 fully saturated rings. The fourth-order valence-electron chi connectivity index (χ4n) is 3.88. The van der Waals surface area contributed by atoms with E-state index >= 15 is 0 Å². The molecule has 1 aromatic carbocycles. The largest absolute Gasteiger partial charge is 0.467 e. The molecule has 2 aromatic heterocycles. The SMILES string of the molecule is CCN(CC)CCCC(C)NC(=O)CCN(Cc1ccco1)c1nc(Cc2ccc(F)cc2)ns1. The van der Waals surface area contributed by atoms with E-state index in [1.54, 1.807) is 18.4 Å². The smallest absolute Gasteiger partial charge is 0.221 e. The zero-order chi connectivity index (χ0) is 25.0. The second-order valence-electron chi connectivity index (χ2n) is 8.69. The van der Waals surface area contributed by atoms with Crippen LogP contribution in [0.25, 0.3) is 0 Å². The van der Waals surface area contributed by atoms with E-state index in [1.807, 2.05) is 17.0 Å². The number of anilines is 1. The Morgan fingerprint density at radius 2 is 1.94 bits per heavy atom. The lowest BCUT2D eigenvalue weighted by Gasteiger charge is -2.22. The Hall–Kier alpha value is -2.78. The molecular formula is C26H36FN5O2S. The number of hydrogen-bond donors (Lipinski definition) is 1. The van der Waals surface area contributed by atoms with Gasteiger partial charge in [-0.15, -0.1) is 0 Å². The molecule has 0 aliphatic heterocycles. The molecule has 3 rings (SSSR count). The van der Waals surface area contributed by atoms with Crippen LogP contribution in [0.15, 0.2) is 47.1 Å². The van der Waals surface area contributed by atoms with Crippen LogP contribution in [0.1, 0.15) is 57.2 Å². The Labute approximate surface area is 211 Å². The third-order valence-electron chi connectivity index (χ3n) is 5.95. The fourth-order valence-corrected chi connectivity index (χ4v) is 4.59. The van der Waals surface area contributed by atoms with E-state index in [1.165, 1.54) is 23.7 Å². The third-order valence-corrected chi connectivity index (χ3v) is 6.77. The van der Waals surface area contributed by atoms with Crippen molar-refractivity contribution in [2.45, 2.75) is 59.0 Å². The molecule has 0 spiro atoms. The Kier molecular flexibility index (Phi) is 10.7. The van der Waals surface area contributed by atoms with Crippen LogP contribution in [0.4, 0.5) is 9.52 Å². The minimum Gasteiger partial charge on any atom is -0.467 e. The number of nitrogens with one attached hydrogen (secondary N) is 1. The first kappa shape index (κ1) is 26.8. The Bertz CT molecular complexity index is 1010. The summed E-state index contributed by atoms with van der Waals surface area (Å²) < 4.78 is 23.2. The van der Waals surface area contributed by atoms with E-state index < -0.39 is 0 Å². The molecule has 9 heteroatoms. The number of hydrogen-bond acceptors (Lipinski definition) is 7. The van der Waals surface area contributed by atoms with Crippen molar-refractivity contribution in [1.29, 1.82) is 0 Å². The van der Waals surface area contributed by atoms with Gasteiger partial charge in [0.1, 0.15) is 17.4 Å². The maximum Gasteiger partial charge on any atom is 0.221 e. The first-order valence-electron chi connectivity index (χ1n) is 12.3. The Morgan fingerprint density at radius 3 is 2.63 bits per heavy atom. The molecule has 0 radical (unpaired) electrons. The molecule has 0 aliphatic rings. The number of furan rings is 1. The van der Waals surface area contributed by atoms with Gasteiger partial charge >= 0.3 is 0 Å². The van der Waals surface area contributed by atoms with Crippen molar-refractivity contribution in [1.82, 2.24) is 19.6 Å². The van der Waals surface area contributed by atoms with Gasteiger partial charge < -0.3 is 19.5 Å². The number of benzene rings is 1. The highest BCUT2D eigenvalue weighted by Gasteiger charge is 2.17. The zero-order valence-electron chi connectivity index (χ0n) is 20.9. The van der Waals surface area contributed by atoms with Crippen molar-refractivity contribution in [3.63, 3.8) is 0 Å². The average Bonchev–Trinajstić information content (AvgIpc) is 3.53. The molecule has 1 atom stereocenters. The van der Waals surface area contributed by atoms with Gasteiger partial charge in [0.25, 0.3) is 0 Å². The number of carbonyl (C=O) groups is 1. The summed E-state index contributed by atoms with van der Waals surface area (Å²) in [5, 5.41) is 3.86. The summed E-state index contributed by atoms with van der Waals surface area (Å²) in [5.41, 5.74) is 0.947. The molecular weight excluding hydrogens is 465 g/mol. The predicted molar refractivity (Wildman–Crippen MR) is 138 cm³/mol. The van der Waals surface area contributed by atoms with Crippen LogP contribution in [-0.4, -0.2) is 52.4 Å². The van der Waals surface area contributed by atoms with Crippen molar-refractivity contribution in [2.75, 3.05) is 31.1 Å². The van der Waals surface area contributed by atoms with Gasteiger partial charge in [0.2, 0.25) is 11.0 Å². The maximum atomic E-state index is 13.2. The molecule has 190 valence electrons. The van der Waals surface area contributed by atoms with Crippen LogP contribution in [-0.2, 0) is 17.8 Å². The van der Waals surface area contributed by atoms with Crippen LogP contribution in [0.5, 0.6) is 0 Å². The van der Waals surface area contributed by atoms with E-state index in [-0.39, 0.29) is 17.8 Å². The number of carbonyl (C=O) groups excluding carboxylic acids is 1. The summed E-state index contributed by atoms with van der Waals surface area (Å²) in [7, 11) is 0. The molecule has 1 N–H and O–H groups in total. The van der Waals surface area contributed by atoms with Crippen molar-refractivity contribution in [2.24, 2.45) is 0 Å². The summed E-state index contributed by atoms with van der Waals surface area (Å²) in [6.45, 7) is 10.6. The highest BCUT2D eigenvalue weighted by atomic mass is 32.1. The topological polar surface area (TPSA) is 74.5 Å². The molecule has 7 nitrogen and oxygen atoms in total. The van der Waals surface area contributed by atoms with Crippen molar-refractivity contribution in [3.05, 3.63) is 65.6 Å². The lowest BCUT2D eigenvalue weighted by Crippen LogP contribution is -2.36. The Morgan fingerprint density at radius 1 is 1.17 bits per heavy atom. The lowest BCUT2D eigenvalue weighted by molar-refractivity contribution is -0.121. The number of rotatable bonds is 15. The normalized spacial score (nSPS) is 12.1. The van der Waals surface area contributed by atoms with Crippen LogP contribution in [0, 0.1) is 5.82 Å². The lowest BCUT2D eigenvalue weighted by atomic mass is 10.1. The summed E-state index contributed by atoms with van der Waals surface area (Å²) in [6, 6.07) is 10.3. The van der Waals surface area contributed by atoms with Gasteiger partial charge in [-0.25, -0.2) is 9.37 Å². The minimum atomic E-state index is -0.262. The molecule has 1 amide bonds. The van der Waals surface area contributed by atoms with Crippen LogP contribution in [0.2, 0.25) is 0 Å². The second-order valence-corrected chi connectivity index (χ2v) is 9.42. The van der Waals surface area contributed by atoms with E-state index in [0.29, 0.717) is 31.8 Å². The van der Waals surface area contributed by atoms with Gasteiger partial charge in [0.05, 0.1) is 12.8 Å². The minimum absolute atomic E-state index is 0.0286. The molecule has 0 bridgehead atoms. The van der Waals surface area contributed by atoms with E-state index in [0.717, 1.165) is 48.9 Å². The number of nitrogens with zero attached hydrogens (tertiary/aromatic N) is 4. The van der Waals surface area contributed by atoms with Gasteiger partial charge in [0.15, 0.2) is 0 Å². The van der Waals surface area contributed by atoms with E-state index in [2.05, 4.69) is 40.3 Å². The summed E-state index contributed by atoms with van der Waals surface area (Å²) in [4.78, 5) is 21.7. The second kappa shape index (κ2) is 13.9. The van der Waals surface area contributed by atoms with E-state index in [4.69, 9.17) is 4.42 Å². The molecule has 0 aliphatic carbocycles. The highest BCUT2D eigenvalue weighted by molar-refractivity contribution is 7.09. The first-order valence-corrected chi connectivity index (χ1v) is 13.1. The van der Waals surface area contributed by atoms with Crippen LogP contribution < -0.4 is 10.2 Å². The number of halogens is 1. The first-order chi connectivity index (χ1) is 17.0. The Balaban J connectivity index is 1.54. The third kappa shape index (κ3) is 9.07. The van der Waals surface area contributed by atoms with Crippen molar-refractivity contribution < 1.29 is 13.6 Å². The van der Waals surface area contributed by atoms with Gasteiger partial charge in [-0.2, -0.15) is 4.37 Å². The predicted octanol–water partition coefficient (Wildman–Crippen LogP) is 4.88. The van der Waals surface area contributed by atoms with Gasteiger partial charge in [-0.05, 0) is 69.2 Å². The standard InChI is InChI=1S/C26H36FN5O2S/c1-4-31(5-2)15-6-8-20(3)28-25(33)14-16-32(19-23-9-7-17-34-23)26-29-24(30-35-26)18-21-10-12-22(27)13-11-21/h7,9-13,17,20H,4-6,8,14-16,18-19H2,1-3H3,(H,28,33). The molecule has 0 saturated heterocycles. The molecule has 2 heterocycles. The van der Waals surface area contributed by atoms with Crippen molar-refractivity contribution in [3.8, 4) is 0 Å². The van der Waals surface area contributed by atoms with Gasteiger partial charge in [0, 0.05) is 37.0 Å². The average molecular weight is 502 g/mol. The summed E-state index contributed by atoms with van der Waals surface area (Å²) in [5.74, 6) is 1.24. The molecule has 1 unspecified atom stereocenters. The van der Waals surface area contributed by atoms with Crippen LogP contribution >= 0.6 is 11.5 Å². The zero-order valence-corrected chi connectivity index (χ0v) is 21.7. The number of aromatic nitrogens is 2. The highest BCUT2D eigenvalue weighted by Crippen LogP contribution is 2.22. The summed E-state index contributed by atoms with van der Waals surface area (Å²) in [6.07, 6.45) is 4.54. The molecule has 35 heavy (non-hydrogen) atoms. The molecule has 0 saturated carbocycles. The van der Waals surface area contributed by atoms with Gasteiger partial charge in [-0.1, -0.05) is 26.0 Å². The van der Waals surface area contributed by atoms with Crippen LogP contribution in [0.3, 0.4) is 0 Å².